The maximum absolute atomic E-state index is 12.2. The van der Waals surface area contributed by atoms with Gasteiger partial charge in [0.2, 0.25) is 0 Å². The van der Waals surface area contributed by atoms with Gasteiger partial charge in [0.1, 0.15) is 0 Å². The van der Waals surface area contributed by atoms with Crippen LogP contribution in [0.2, 0.25) is 0 Å². The number of rotatable bonds is 6. The number of aromatic amines is 1. The van der Waals surface area contributed by atoms with Crippen LogP contribution in [0.1, 0.15) is 12.0 Å². The third-order valence-electron chi connectivity index (χ3n) is 5.30. The van der Waals surface area contributed by atoms with Crippen LogP contribution in [0.4, 0.5) is 5.69 Å². The minimum Gasteiger partial charge on any atom is -0.382 e. The van der Waals surface area contributed by atoms with Crippen molar-refractivity contribution in [1.82, 2.24) is 19.6 Å². The van der Waals surface area contributed by atoms with E-state index >= 15 is 0 Å². The third kappa shape index (κ3) is 4.15. The van der Waals surface area contributed by atoms with Crippen LogP contribution < -0.4 is 11.0 Å². The van der Waals surface area contributed by atoms with E-state index in [0.717, 1.165) is 41.7 Å². The van der Waals surface area contributed by atoms with Crippen molar-refractivity contribution in [3.8, 4) is 11.1 Å². The zero-order chi connectivity index (χ0) is 20.3. The number of hydrogen-bond acceptors (Lipinski definition) is 4. The second-order valence-electron chi connectivity index (χ2n) is 7.25. The van der Waals surface area contributed by atoms with Crippen molar-refractivity contribution in [2.45, 2.75) is 12.8 Å². The van der Waals surface area contributed by atoms with Gasteiger partial charge in [0.25, 0.3) is 0 Å². The summed E-state index contributed by atoms with van der Waals surface area (Å²) in [6.45, 7) is 0.769. The normalized spacial score (nSPS) is 10.8. The fourth-order valence-electron chi connectivity index (χ4n) is 3.80. The Morgan fingerprint density at radius 1 is 0.968 bits per heavy atom. The predicted octanol–water partition coefficient (Wildman–Crippen LogP) is 4.70. The van der Waals surface area contributed by atoms with Gasteiger partial charge in [0.15, 0.2) is 5.65 Å². The largest absolute Gasteiger partial charge is 0.382 e. The Balaban J connectivity index is 0.00000231. The quantitative estimate of drug-likeness (QED) is 0.382. The second-order valence-corrected chi connectivity index (χ2v) is 7.25. The van der Waals surface area contributed by atoms with E-state index in [9.17, 15) is 4.79 Å². The van der Waals surface area contributed by atoms with E-state index in [0.29, 0.717) is 5.65 Å². The number of H-pyrrole nitrogens is 1. The molecular formula is C24H22ClN5O. The summed E-state index contributed by atoms with van der Waals surface area (Å²) in [4.78, 5) is 16.6. The second kappa shape index (κ2) is 9.02. The molecule has 0 aliphatic heterocycles. The lowest BCUT2D eigenvalue weighted by atomic mass is 10.0. The van der Waals surface area contributed by atoms with Crippen LogP contribution in [0.5, 0.6) is 0 Å². The van der Waals surface area contributed by atoms with Crippen molar-refractivity contribution in [3.05, 3.63) is 95.2 Å². The van der Waals surface area contributed by atoms with Gasteiger partial charge in [-0.3, -0.25) is 4.98 Å². The number of para-hydroxylation sites is 1. The number of nitrogens with zero attached hydrogens (tertiary/aromatic N) is 3. The Hall–Kier alpha value is -3.64. The summed E-state index contributed by atoms with van der Waals surface area (Å²) >= 11 is 0. The fraction of sp³-hybridized carbons (Fsp3) is 0.125. The Morgan fingerprint density at radius 3 is 2.65 bits per heavy atom. The number of aryl methyl sites for hydroxylation is 1. The van der Waals surface area contributed by atoms with Crippen LogP contribution >= 0.6 is 12.4 Å². The van der Waals surface area contributed by atoms with Crippen molar-refractivity contribution in [3.63, 3.8) is 0 Å². The van der Waals surface area contributed by atoms with Crippen LogP contribution in [0, 0.1) is 0 Å². The first kappa shape index (κ1) is 20.6. The Morgan fingerprint density at radius 2 is 1.77 bits per heavy atom. The van der Waals surface area contributed by atoms with Gasteiger partial charge in [-0.25, -0.2) is 14.3 Å². The number of anilines is 1. The molecule has 0 spiro atoms. The van der Waals surface area contributed by atoms with Gasteiger partial charge in [-0.2, -0.15) is 5.10 Å². The van der Waals surface area contributed by atoms with E-state index in [-0.39, 0.29) is 18.1 Å². The Labute approximate surface area is 185 Å². The number of hydrogen-bond donors (Lipinski definition) is 2. The minimum atomic E-state index is -0.242. The lowest BCUT2D eigenvalue weighted by Crippen LogP contribution is -2.11. The molecule has 0 saturated carbocycles. The molecule has 6 nitrogen and oxygen atoms in total. The van der Waals surface area contributed by atoms with Gasteiger partial charge in [0.05, 0.1) is 11.2 Å². The first-order valence-corrected chi connectivity index (χ1v) is 10.0. The maximum Gasteiger partial charge on any atom is 0.347 e. The number of nitrogens with one attached hydrogen (secondary N) is 2. The molecule has 0 saturated heterocycles. The number of fused-ring (bicyclic) bond motifs is 2. The summed E-state index contributed by atoms with van der Waals surface area (Å²) in [6, 6.07) is 22.4. The molecule has 0 unspecified atom stereocenters. The topological polar surface area (TPSA) is 75.1 Å². The predicted molar refractivity (Wildman–Crippen MR) is 127 cm³/mol. The summed E-state index contributed by atoms with van der Waals surface area (Å²) in [5, 5.41) is 11.4. The zero-order valence-corrected chi connectivity index (χ0v) is 17.6. The highest BCUT2D eigenvalue weighted by Gasteiger charge is 2.10. The van der Waals surface area contributed by atoms with Crippen molar-refractivity contribution >= 4 is 34.6 Å². The molecule has 156 valence electrons. The highest BCUT2D eigenvalue weighted by atomic mass is 35.5. The fourth-order valence-corrected chi connectivity index (χ4v) is 3.80. The molecule has 0 amide bonds. The van der Waals surface area contributed by atoms with Crippen molar-refractivity contribution < 1.29 is 0 Å². The van der Waals surface area contributed by atoms with E-state index in [2.05, 4.69) is 32.6 Å². The number of benzene rings is 2. The number of pyridine rings is 2. The van der Waals surface area contributed by atoms with Crippen LogP contribution in [0.3, 0.4) is 0 Å². The van der Waals surface area contributed by atoms with Crippen LogP contribution in [0.25, 0.3) is 27.7 Å². The lowest BCUT2D eigenvalue weighted by molar-refractivity contribution is 0.867. The maximum atomic E-state index is 12.2. The van der Waals surface area contributed by atoms with Crippen LogP contribution in [-0.2, 0) is 6.42 Å². The molecule has 0 radical (unpaired) electrons. The van der Waals surface area contributed by atoms with Gasteiger partial charge in [-0.1, -0.05) is 48.5 Å². The van der Waals surface area contributed by atoms with Gasteiger partial charge in [-0.15, -0.1) is 12.4 Å². The Kier molecular flexibility index (Phi) is 6.00. The van der Waals surface area contributed by atoms with E-state index < -0.39 is 0 Å². The van der Waals surface area contributed by atoms with E-state index in [1.807, 2.05) is 67.0 Å². The summed E-state index contributed by atoms with van der Waals surface area (Å²) in [7, 11) is 0. The molecule has 0 atom stereocenters. The van der Waals surface area contributed by atoms with E-state index in [1.165, 1.54) is 10.9 Å². The summed E-state index contributed by atoms with van der Waals surface area (Å²) in [5.41, 5.74) is 5.54. The van der Waals surface area contributed by atoms with Crippen molar-refractivity contribution in [2.24, 2.45) is 0 Å². The van der Waals surface area contributed by atoms with E-state index in [1.54, 1.807) is 4.40 Å². The highest BCUT2D eigenvalue weighted by Crippen LogP contribution is 2.25. The minimum absolute atomic E-state index is 0. The molecule has 0 aliphatic carbocycles. The molecule has 5 rings (SSSR count). The van der Waals surface area contributed by atoms with Gasteiger partial charge in [0, 0.05) is 29.9 Å². The molecule has 3 heterocycles. The Bertz CT molecular complexity index is 1370. The molecule has 0 bridgehead atoms. The summed E-state index contributed by atoms with van der Waals surface area (Å²) in [5.74, 6) is 0. The number of halogens is 1. The smallest absolute Gasteiger partial charge is 0.347 e. The zero-order valence-electron chi connectivity index (χ0n) is 16.8. The third-order valence-corrected chi connectivity index (χ3v) is 5.30. The first-order valence-electron chi connectivity index (χ1n) is 10.0. The standard InChI is InChI=1S/C24H21N5O.ClH/c30-24-28-27-23-22(15-19(16-29(23)24)17-7-2-1-3-8-17)25-13-6-9-18-12-14-26-21-11-5-4-10-20(18)21;/h1-5,7-8,10-12,14-16,25H,6,9,13H2,(H,28,30);1H. The molecule has 31 heavy (non-hydrogen) atoms. The first-order chi connectivity index (χ1) is 14.8. The van der Waals surface area contributed by atoms with E-state index in [4.69, 9.17) is 0 Å². The molecule has 5 aromatic rings. The van der Waals surface area contributed by atoms with Crippen LogP contribution in [0.15, 0.2) is 83.9 Å². The monoisotopic (exact) mass is 431 g/mol. The average molecular weight is 432 g/mol. The molecule has 7 heteroatoms. The molecule has 2 aromatic carbocycles. The molecule has 0 aliphatic rings. The molecule has 0 fully saturated rings. The lowest BCUT2D eigenvalue weighted by Gasteiger charge is -2.11. The molecule has 3 aromatic heterocycles. The van der Waals surface area contributed by atoms with Gasteiger partial charge < -0.3 is 5.32 Å². The summed E-state index contributed by atoms with van der Waals surface area (Å²) in [6.07, 6.45) is 5.58. The van der Waals surface area contributed by atoms with Crippen molar-refractivity contribution in [2.75, 3.05) is 11.9 Å². The number of aromatic nitrogens is 4. The average Bonchev–Trinajstić information content (AvgIpc) is 3.18. The van der Waals surface area contributed by atoms with Crippen molar-refractivity contribution in [1.29, 1.82) is 0 Å². The molecule has 2 N–H and O–H groups in total. The highest BCUT2D eigenvalue weighted by molar-refractivity contribution is 5.85. The van der Waals surface area contributed by atoms with Gasteiger partial charge in [-0.05, 0) is 42.2 Å². The summed E-state index contributed by atoms with van der Waals surface area (Å²) < 4.78 is 1.56. The SMILES string of the molecule is Cl.O=c1[nH]nc2c(NCCCc3ccnc4ccccc34)cc(-c3ccccc3)cn12. The molecular weight excluding hydrogens is 410 g/mol. The van der Waals surface area contributed by atoms with Crippen LogP contribution in [-0.4, -0.2) is 26.1 Å². The van der Waals surface area contributed by atoms with Gasteiger partial charge >= 0.3 is 5.69 Å².